The van der Waals surface area contributed by atoms with Crippen molar-refractivity contribution in [2.75, 3.05) is 5.32 Å². The quantitative estimate of drug-likeness (QED) is 0.481. The van der Waals surface area contributed by atoms with E-state index in [9.17, 15) is 18.3 Å². The van der Waals surface area contributed by atoms with Gasteiger partial charge in [0.15, 0.2) is 5.82 Å². The number of nitrogens with one attached hydrogen (secondary N) is 1. The smallest absolute Gasteiger partial charge is 0.421 e. The summed E-state index contributed by atoms with van der Waals surface area (Å²) in [5, 5.41) is 13.0. The molecule has 0 aliphatic heterocycles. The van der Waals surface area contributed by atoms with Gasteiger partial charge in [-0.2, -0.15) is 18.2 Å². The molecule has 0 atom stereocenters. The van der Waals surface area contributed by atoms with Crippen LogP contribution in [-0.2, 0) is 12.7 Å². The molecule has 1 fully saturated rings. The summed E-state index contributed by atoms with van der Waals surface area (Å²) >= 11 is 0. The highest BCUT2D eigenvalue weighted by atomic mass is 19.4. The predicted octanol–water partition coefficient (Wildman–Crippen LogP) is 5.40. The summed E-state index contributed by atoms with van der Waals surface area (Å²) in [6.45, 7) is 3.79. The monoisotopic (exact) mass is 486 g/mol. The minimum atomic E-state index is -4.65. The Bertz CT molecular complexity index is 1200. The Balaban J connectivity index is 1.53. The molecule has 3 aromatic rings. The summed E-state index contributed by atoms with van der Waals surface area (Å²) in [4.78, 5) is 20.2. The van der Waals surface area contributed by atoms with Gasteiger partial charge in [0.1, 0.15) is 17.6 Å². The van der Waals surface area contributed by atoms with Crippen LogP contribution >= 0.6 is 0 Å². The number of rotatable bonds is 6. The first-order valence-electron chi connectivity index (χ1n) is 11.1. The molecule has 4 rings (SSSR count). The number of aliphatic hydroxyl groups is 1. The average Bonchev–Trinajstić information content (AvgIpc) is 2.81. The third-order valence-electron chi connectivity index (χ3n) is 5.66. The van der Waals surface area contributed by atoms with Crippen LogP contribution in [0.3, 0.4) is 0 Å². The second-order valence-corrected chi connectivity index (χ2v) is 8.73. The largest absolute Gasteiger partial charge is 0.439 e. The summed E-state index contributed by atoms with van der Waals surface area (Å²) in [5.74, 6) is 0.418. The number of aromatic nitrogens is 4. The molecule has 1 aromatic carbocycles. The van der Waals surface area contributed by atoms with E-state index in [1.165, 1.54) is 6.33 Å². The van der Waals surface area contributed by atoms with Crippen molar-refractivity contribution < 1.29 is 23.0 Å². The fraction of sp³-hybridized carbons (Fsp3) is 0.375. The van der Waals surface area contributed by atoms with Gasteiger partial charge in [-0.25, -0.2) is 19.9 Å². The molecule has 2 N–H and O–H groups in total. The van der Waals surface area contributed by atoms with Crippen molar-refractivity contribution in [1.82, 2.24) is 19.9 Å². The number of hydrogen-bond acceptors (Lipinski definition) is 8. The maximum absolute atomic E-state index is 13.6. The Morgan fingerprint density at radius 3 is 2.51 bits per heavy atom. The molecular formula is C24H25F3N6O2. The maximum atomic E-state index is 13.6. The Kier molecular flexibility index (Phi) is 6.97. The van der Waals surface area contributed by atoms with Gasteiger partial charge in [0.2, 0.25) is 11.8 Å². The van der Waals surface area contributed by atoms with E-state index in [4.69, 9.17) is 4.74 Å². The van der Waals surface area contributed by atoms with Gasteiger partial charge in [0, 0.05) is 24.7 Å². The Morgan fingerprint density at radius 2 is 1.83 bits per heavy atom. The maximum Gasteiger partial charge on any atom is 0.421 e. The van der Waals surface area contributed by atoms with Gasteiger partial charge in [0.05, 0.1) is 11.2 Å². The number of ether oxygens (including phenoxy) is 1. The summed E-state index contributed by atoms with van der Waals surface area (Å²) < 4.78 is 46.5. The molecule has 0 bridgehead atoms. The van der Waals surface area contributed by atoms with Gasteiger partial charge < -0.3 is 15.2 Å². The second kappa shape index (κ2) is 9.95. The van der Waals surface area contributed by atoms with E-state index in [-0.39, 0.29) is 12.5 Å². The lowest BCUT2D eigenvalue weighted by Crippen LogP contribution is -2.30. The topological polar surface area (TPSA) is 105 Å². The molecule has 11 heteroatoms. The predicted molar refractivity (Wildman–Crippen MR) is 124 cm³/mol. The summed E-state index contributed by atoms with van der Waals surface area (Å²) in [6.07, 6.45) is 0.623. The highest BCUT2D eigenvalue weighted by Gasteiger charge is 2.36. The van der Waals surface area contributed by atoms with Crippen molar-refractivity contribution >= 4 is 17.5 Å². The van der Waals surface area contributed by atoms with Crippen LogP contribution in [0.2, 0.25) is 0 Å². The van der Waals surface area contributed by atoms with Crippen LogP contribution in [0.25, 0.3) is 0 Å². The van der Waals surface area contributed by atoms with Gasteiger partial charge >= 0.3 is 6.18 Å². The number of halogens is 3. The van der Waals surface area contributed by atoms with E-state index in [1.807, 2.05) is 31.2 Å². The molecule has 0 amide bonds. The fourth-order valence-corrected chi connectivity index (χ4v) is 3.53. The van der Waals surface area contributed by atoms with E-state index < -0.39 is 23.2 Å². The number of hydrogen-bond donors (Lipinski definition) is 2. The van der Waals surface area contributed by atoms with Gasteiger partial charge in [-0.1, -0.05) is 17.7 Å². The zero-order chi connectivity index (χ0) is 25.1. The van der Waals surface area contributed by atoms with Crippen molar-refractivity contribution in [3.05, 3.63) is 59.7 Å². The van der Waals surface area contributed by atoms with Gasteiger partial charge in [-0.3, -0.25) is 0 Å². The normalized spacial score (nSPS) is 18.3. The molecular weight excluding hydrogens is 461 g/mol. The zero-order valence-electron chi connectivity index (χ0n) is 19.3. The van der Waals surface area contributed by atoms with E-state index in [0.29, 0.717) is 48.6 Å². The third-order valence-corrected chi connectivity index (χ3v) is 5.66. The second-order valence-electron chi connectivity index (χ2n) is 8.73. The van der Waals surface area contributed by atoms with Crippen molar-refractivity contribution in [2.45, 2.75) is 57.9 Å². The minimum absolute atomic E-state index is 0.0229. The number of alkyl halides is 3. The number of benzene rings is 1. The highest BCUT2D eigenvalue weighted by molar-refractivity contribution is 5.87. The molecule has 8 nitrogen and oxygen atoms in total. The molecule has 1 aliphatic rings. The lowest BCUT2D eigenvalue weighted by Gasteiger charge is -2.28. The molecule has 0 unspecified atom stereocenters. The minimum Gasteiger partial charge on any atom is -0.439 e. The molecule has 0 radical (unpaired) electrons. The molecule has 0 saturated heterocycles. The average molecular weight is 486 g/mol. The lowest BCUT2D eigenvalue weighted by atomic mass is 9.85. The van der Waals surface area contributed by atoms with E-state index in [1.54, 1.807) is 13.1 Å². The van der Waals surface area contributed by atoms with Gasteiger partial charge in [0.25, 0.3) is 0 Å². The number of aliphatic imine (C=N–C) groups is 1. The van der Waals surface area contributed by atoms with Crippen molar-refractivity contribution in [1.29, 1.82) is 0 Å². The molecule has 0 spiro atoms. The first-order chi connectivity index (χ1) is 16.6. The van der Waals surface area contributed by atoms with Gasteiger partial charge in [-0.05, 0) is 51.7 Å². The summed E-state index contributed by atoms with van der Waals surface area (Å²) in [6, 6.07) is 7.43. The Labute approximate surface area is 200 Å². The van der Waals surface area contributed by atoms with Crippen LogP contribution in [0.15, 0.2) is 48.0 Å². The first kappa shape index (κ1) is 24.5. The molecule has 184 valence electrons. The molecule has 1 aliphatic carbocycles. The third kappa shape index (κ3) is 6.50. The Morgan fingerprint density at radius 1 is 1.11 bits per heavy atom. The zero-order valence-corrected chi connectivity index (χ0v) is 19.3. The fourth-order valence-electron chi connectivity index (χ4n) is 3.53. The van der Waals surface area contributed by atoms with Crippen molar-refractivity contribution in [3.8, 4) is 11.6 Å². The molecule has 2 heterocycles. The lowest BCUT2D eigenvalue weighted by molar-refractivity contribution is -0.137. The van der Waals surface area contributed by atoms with E-state index in [2.05, 4.69) is 30.2 Å². The summed E-state index contributed by atoms with van der Waals surface area (Å²) in [5.41, 5.74) is 0.370. The summed E-state index contributed by atoms with van der Waals surface area (Å²) in [7, 11) is 0. The van der Waals surface area contributed by atoms with Crippen LogP contribution < -0.4 is 10.1 Å². The van der Waals surface area contributed by atoms with Crippen LogP contribution in [0.1, 0.15) is 49.3 Å². The highest BCUT2D eigenvalue weighted by Crippen LogP contribution is 2.36. The SMILES string of the molecule is Cc1ccc(Oc2ncncc2CNc2ncc(C(F)(F)F)c(N=C3CCC(C)(O)CC3)n2)cc1. The van der Waals surface area contributed by atoms with Crippen LogP contribution in [0, 0.1) is 6.92 Å². The molecule has 1 saturated carbocycles. The van der Waals surface area contributed by atoms with Crippen molar-refractivity contribution in [2.24, 2.45) is 4.99 Å². The van der Waals surface area contributed by atoms with E-state index >= 15 is 0 Å². The number of anilines is 1. The molecule has 2 aromatic heterocycles. The first-order valence-corrected chi connectivity index (χ1v) is 11.1. The Hall–Kier alpha value is -3.60. The van der Waals surface area contributed by atoms with E-state index in [0.717, 1.165) is 11.8 Å². The van der Waals surface area contributed by atoms with Gasteiger partial charge in [-0.15, -0.1) is 0 Å². The molecule has 35 heavy (non-hydrogen) atoms. The van der Waals surface area contributed by atoms with Crippen LogP contribution in [0.5, 0.6) is 11.6 Å². The number of nitrogens with zero attached hydrogens (tertiary/aromatic N) is 5. The number of aryl methyl sites for hydroxylation is 1. The van der Waals surface area contributed by atoms with Crippen LogP contribution in [-0.4, -0.2) is 36.4 Å². The van der Waals surface area contributed by atoms with Crippen molar-refractivity contribution in [3.63, 3.8) is 0 Å². The van der Waals surface area contributed by atoms with Crippen LogP contribution in [0.4, 0.5) is 24.9 Å². The standard InChI is InChI=1S/C24H25F3N6O2/c1-15-3-5-18(6-4-15)35-21-16(11-28-14-31-21)12-29-22-30-13-19(24(25,26)27)20(33-22)32-17-7-9-23(2,34)10-8-17/h3-6,11,13-14,34H,7-10,12H2,1-2H3,(H,29,30,33).